The number of hydrogen-bond acceptors (Lipinski definition) is 6. The number of ether oxygens (including phenoxy) is 2. The van der Waals surface area contributed by atoms with E-state index in [1.54, 1.807) is 13.8 Å². The number of carbonyl (C=O) groups excluding carboxylic acids is 2. The first-order valence-corrected chi connectivity index (χ1v) is 10.4. The first-order valence-electron chi connectivity index (χ1n) is 8.17. The average molecular weight is 505 g/mol. The van der Waals surface area contributed by atoms with Crippen LogP contribution < -0.4 is 14.8 Å². The number of rotatable bonds is 9. The number of benzene rings is 1. The van der Waals surface area contributed by atoms with Crippen molar-refractivity contribution < 1.29 is 40.7 Å². The van der Waals surface area contributed by atoms with E-state index in [-0.39, 0.29) is 16.8 Å². The van der Waals surface area contributed by atoms with Crippen molar-refractivity contribution in [2.45, 2.75) is 37.6 Å². The SMILES string of the molecule is COC(=O)[C@H](CC(C)C)NC(=O)CNS(=O)(=O)c1ccc(Br)cc1OC(F)(F)F. The molecule has 0 aliphatic carbocycles. The Morgan fingerprint density at radius 1 is 1.24 bits per heavy atom. The summed E-state index contributed by atoms with van der Waals surface area (Å²) in [5.41, 5.74) is 0. The maximum Gasteiger partial charge on any atom is 0.573 e. The number of carbonyl (C=O) groups is 2. The van der Waals surface area contributed by atoms with Gasteiger partial charge in [-0.25, -0.2) is 17.9 Å². The van der Waals surface area contributed by atoms with Gasteiger partial charge in [0.25, 0.3) is 0 Å². The van der Waals surface area contributed by atoms with Gasteiger partial charge in [0.2, 0.25) is 15.9 Å². The summed E-state index contributed by atoms with van der Waals surface area (Å²) in [6.07, 6.45) is -4.87. The van der Waals surface area contributed by atoms with Gasteiger partial charge in [-0.1, -0.05) is 29.8 Å². The van der Waals surface area contributed by atoms with Crippen molar-refractivity contribution in [2.24, 2.45) is 5.92 Å². The van der Waals surface area contributed by atoms with Gasteiger partial charge in [0.05, 0.1) is 13.7 Å². The predicted molar refractivity (Wildman–Crippen MR) is 99.4 cm³/mol. The van der Waals surface area contributed by atoms with E-state index in [4.69, 9.17) is 0 Å². The van der Waals surface area contributed by atoms with E-state index in [2.05, 4.69) is 30.7 Å². The summed E-state index contributed by atoms with van der Waals surface area (Å²) in [4.78, 5) is 22.9. The molecule has 29 heavy (non-hydrogen) atoms. The molecule has 0 unspecified atom stereocenters. The second-order valence-corrected chi connectivity index (χ2v) is 8.89. The third-order valence-corrected chi connectivity index (χ3v) is 5.31. The zero-order chi connectivity index (χ0) is 22.4. The van der Waals surface area contributed by atoms with Crippen LogP contribution >= 0.6 is 15.9 Å². The molecular formula is C16H20BrF3N2O6S. The number of alkyl halides is 3. The van der Waals surface area contributed by atoms with Gasteiger partial charge in [-0.15, -0.1) is 13.2 Å². The average Bonchev–Trinajstić information content (AvgIpc) is 2.56. The highest BCUT2D eigenvalue weighted by molar-refractivity contribution is 9.10. The van der Waals surface area contributed by atoms with Gasteiger partial charge < -0.3 is 14.8 Å². The summed E-state index contributed by atoms with van der Waals surface area (Å²) in [5.74, 6) is -2.50. The molecule has 0 saturated heterocycles. The number of nitrogens with one attached hydrogen (secondary N) is 2. The number of halogens is 4. The van der Waals surface area contributed by atoms with Crippen molar-refractivity contribution in [3.63, 3.8) is 0 Å². The minimum absolute atomic E-state index is 0.0286. The highest BCUT2D eigenvalue weighted by Gasteiger charge is 2.34. The largest absolute Gasteiger partial charge is 0.573 e. The van der Waals surface area contributed by atoms with Crippen molar-refractivity contribution in [1.82, 2.24) is 10.0 Å². The molecule has 0 aromatic heterocycles. The fourth-order valence-corrected chi connectivity index (χ4v) is 3.65. The van der Waals surface area contributed by atoms with E-state index >= 15 is 0 Å². The minimum atomic E-state index is -5.12. The maximum absolute atomic E-state index is 12.6. The minimum Gasteiger partial charge on any atom is -0.467 e. The van der Waals surface area contributed by atoms with Gasteiger partial charge in [-0.3, -0.25) is 4.79 Å². The Bertz CT molecular complexity index is 846. The molecule has 164 valence electrons. The maximum atomic E-state index is 12.6. The molecule has 1 amide bonds. The van der Waals surface area contributed by atoms with Gasteiger partial charge in [0.15, 0.2) is 5.75 Å². The second kappa shape index (κ2) is 10.3. The lowest BCUT2D eigenvalue weighted by atomic mass is 10.0. The van der Waals surface area contributed by atoms with Crippen molar-refractivity contribution in [2.75, 3.05) is 13.7 Å². The summed E-state index contributed by atoms with van der Waals surface area (Å²) in [6, 6.07) is 1.93. The molecule has 13 heteroatoms. The predicted octanol–water partition coefficient (Wildman–Crippen LogP) is 2.33. The van der Waals surface area contributed by atoms with E-state index in [1.807, 2.05) is 4.72 Å². The standard InChI is InChI=1S/C16H20BrF3N2O6S/c1-9(2)6-11(15(24)27-3)22-14(23)8-21-29(25,26)13-5-4-10(17)7-12(13)28-16(18,19)20/h4-5,7,9,11,21H,6,8H2,1-3H3,(H,22,23)/t11-/m0/s1. The quantitative estimate of drug-likeness (QED) is 0.499. The molecule has 0 heterocycles. The normalized spacial score (nSPS) is 13.1. The molecule has 1 rings (SSSR count). The van der Waals surface area contributed by atoms with Crippen LogP contribution in [-0.4, -0.2) is 46.4 Å². The summed E-state index contributed by atoms with van der Waals surface area (Å²) >= 11 is 2.93. The lowest BCUT2D eigenvalue weighted by Gasteiger charge is -2.18. The molecule has 0 spiro atoms. The first kappa shape index (κ1) is 25.2. The molecular weight excluding hydrogens is 485 g/mol. The van der Waals surface area contributed by atoms with E-state index in [1.165, 1.54) is 6.07 Å². The molecule has 1 aromatic carbocycles. The third kappa shape index (κ3) is 8.58. The Hall–Kier alpha value is -1.86. The zero-order valence-electron chi connectivity index (χ0n) is 15.7. The lowest BCUT2D eigenvalue weighted by molar-refractivity contribution is -0.275. The Morgan fingerprint density at radius 2 is 1.86 bits per heavy atom. The van der Waals surface area contributed by atoms with Crippen molar-refractivity contribution >= 4 is 37.8 Å². The van der Waals surface area contributed by atoms with Gasteiger partial charge in [-0.05, 0) is 30.5 Å². The molecule has 0 fully saturated rings. The van der Waals surface area contributed by atoms with Gasteiger partial charge in [-0.2, -0.15) is 0 Å². The highest BCUT2D eigenvalue weighted by Crippen LogP contribution is 2.32. The molecule has 0 aliphatic rings. The van der Waals surface area contributed by atoms with Crippen LogP contribution in [0.2, 0.25) is 0 Å². The summed E-state index contributed by atoms with van der Waals surface area (Å²) in [7, 11) is -3.39. The molecule has 0 saturated carbocycles. The Morgan fingerprint density at radius 3 is 2.38 bits per heavy atom. The Labute approximate surface area is 174 Å². The fourth-order valence-electron chi connectivity index (χ4n) is 2.22. The molecule has 0 radical (unpaired) electrons. The van der Waals surface area contributed by atoms with E-state index in [9.17, 15) is 31.2 Å². The van der Waals surface area contributed by atoms with Gasteiger partial charge in [0.1, 0.15) is 10.9 Å². The van der Waals surface area contributed by atoms with Crippen molar-refractivity contribution in [3.05, 3.63) is 22.7 Å². The monoisotopic (exact) mass is 504 g/mol. The van der Waals surface area contributed by atoms with E-state index in [0.717, 1.165) is 19.2 Å². The molecule has 1 aromatic rings. The number of amides is 1. The Balaban J connectivity index is 2.93. The number of esters is 1. The van der Waals surface area contributed by atoms with Crippen LogP contribution in [0.4, 0.5) is 13.2 Å². The summed E-state index contributed by atoms with van der Waals surface area (Å²) < 4.78 is 72.7. The van der Waals surface area contributed by atoms with Crippen LogP contribution in [0.5, 0.6) is 5.75 Å². The van der Waals surface area contributed by atoms with Crippen LogP contribution in [0.25, 0.3) is 0 Å². The fraction of sp³-hybridized carbons (Fsp3) is 0.500. The van der Waals surface area contributed by atoms with Gasteiger partial charge in [0, 0.05) is 4.47 Å². The lowest BCUT2D eigenvalue weighted by Crippen LogP contribution is -2.46. The van der Waals surface area contributed by atoms with Gasteiger partial charge >= 0.3 is 12.3 Å². The topological polar surface area (TPSA) is 111 Å². The van der Waals surface area contributed by atoms with E-state index < -0.39 is 51.5 Å². The van der Waals surface area contributed by atoms with Crippen LogP contribution in [-0.2, 0) is 24.3 Å². The molecule has 2 N–H and O–H groups in total. The van der Waals surface area contributed by atoms with E-state index in [0.29, 0.717) is 0 Å². The third-order valence-electron chi connectivity index (χ3n) is 3.37. The van der Waals surface area contributed by atoms with Crippen LogP contribution in [0, 0.1) is 5.92 Å². The van der Waals surface area contributed by atoms with Crippen LogP contribution in [0.15, 0.2) is 27.6 Å². The summed E-state index contributed by atoms with van der Waals surface area (Å²) in [5, 5.41) is 2.33. The first-order chi connectivity index (χ1) is 13.2. The van der Waals surface area contributed by atoms with Crippen molar-refractivity contribution in [1.29, 1.82) is 0 Å². The van der Waals surface area contributed by atoms with Crippen LogP contribution in [0.1, 0.15) is 20.3 Å². The molecule has 0 aliphatic heterocycles. The smallest absolute Gasteiger partial charge is 0.467 e. The number of hydrogen-bond donors (Lipinski definition) is 2. The van der Waals surface area contributed by atoms with Crippen LogP contribution in [0.3, 0.4) is 0 Å². The Kier molecular flexibility index (Phi) is 8.90. The highest BCUT2D eigenvalue weighted by atomic mass is 79.9. The van der Waals surface area contributed by atoms with Crippen molar-refractivity contribution in [3.8, 4) is 5.75 Å². The molecule has 0 bridgehead atoms. The number of sulfonamides is 1. The second-order valence-electron chi connectivity index (χ2n) is 6.24. The molecule has 8 nitrogen and oxygen atoms in total. The zero-order valence-corrected chi connectivity index (χ0v) is 18.1. The molecule has 1 atom stereocenters. The number of methoxy groups -OCH3 is 1. The summed E-state index contributed by atoms with van der Waals surface area (Å²) in [6.45, 7) is 2.80.